The summed E-state index contributed by atoms with van der Waals surface area (Å²) >= 11 is 0. The third-order valence-electron chi connectivity index (χ3n) is 7.46. The highest BCUT2D eigenvalue weighted by atomic mass is 16.3. The number of aromatic hydroxyl groups is 1. The number of nitrogens with zero attached hydrogens (tertiary/aromatic N) is 6. The quantitative estimate of drug-likeness (QED) is 0.580. The Hall–Kier alpha value is -3.29. The van der Waals surface area contributed by atoms with Gasteiger partial charge in [-0.15, -0.1) is 0 Å². The van der Waals surface area contributed by atoms with Crippen LogP contribution in [0.25, 0.3) is 10.9 Å². The number of rotatable bonds is 6. The van der Waals surface area contributed by atoms with Crippen molar-refractivity contribution in [2.24, 2.45) is 0 Å². The highest BCUT2D eigenvalue weighted by Gasteiger charge is 2.31. The molecule has 2 aliphatic heterocycles. The van der Waals surface area contributed by atoms with Gasteiger partial charge in [-0.05, 0) is 45.1 Å². The van der Waals surface area contributed by atoms with E-state index in [0.717, 1.165) is 43.4 Å². The number of anilines is 2. The predicted molar refractivity (Wildman–Crippen MR) is 139 cm³/mol. The van der Waals surface area contributed by atoms with Crippen molar-refractivity contribution >= 4 is 28.6 Å². The van der Waals surface area contributed by atoms with Crippen LogP contribution in [0, 0.1) is 0 Å². The van der Waals surface area contributed by atoms with Crippen LogP contribution >= 0.6 is 0 Å². The molecule has 1 aromatic carbocycles. The summed E-state index contributed by atoms with van der Waals surface area (Å²) in [6.07, 6.45) is 6.39. The largest absolute Gasteiger partial charge is 0.493 e. The summed E-state index contributed by atoms with van der Waals surface area (Å²) in [7, 11) is 0. The Morgan fingerprint density at radius 2 is 1.83 bits per heavy atom. The van der Waals surface area contributed by atoms with Gasteiger partial charge in [-0.3, -0.25) is 4.79 Å². The molecule has 0 saturated carbocycles. The minimum Gasteiger partial charge on any atom is -0.493 e. The molecule has 1 N–H and O–H groups in total. The van der Waals surface area contributed by atoms with Crippen molar-refractivity contribution in [3.63, 3.8) is 0 Å². The van der Waals surface area contributed by atoms with Gasteiger partial charge in [0.2, 0.25) is 17.7 Å². The van der Waals surface area contributed by atoms with Gasteiger partial charge >= 0.3 is 0 Å². The van der Waals surface area contributed by atoms with Crippen molar-refractivity contribution in [2.75, 3.05) is 42.5 Å². The molecule has 8 nitrogen and oxygen atoms in total. The second-order valence-corrected chi connectivity index (χ2v) is 10.1. The maximum Gasteiger partial charge on any atom is 0.228 e. The summed E-state index contributed by atoms with van der Waals surface area (Å²) in [6, 6.07) is 11.2. The van der Waals surface area contributed by atoms with Gasteiger partial charge in [0, 0.05) is 57.9 Å². The Morgan fingerprint density at radius 3 is 2.51 bits per heavy atom. The molecule has 0 spiro atoms. The molecule has 4 heterocycles. The molecule has 0 bridgehead atoms. The van der Waals surface area contributed by atoms with Crippen LogP contribution in [0.5, 0.6) is 5.88 Å². The monoisotopic (exact) mass is 476 g/mol. The van der Waals surface area contributed by atoms with Crippen molar-refractivity contribution in [3.8, 4) is 5.88 Å². The third-order valence-corrected chi connectivity index (χ3v) is 7.46. The molecule has 8 heteroatoms. The Bertz CT molecular complexity index is 1180. The Morgan fingerprint density at radius 1 is 1.09 bits per heavy atom. The molecule has 2 aromatic heterocycles. The molecular weight excluding hydrogens is 440 g/mol. The van der Waals surface area contributed by atoms with Gasteiger partial charge in [0.05, 0.1) is 5.39 Å². The standard InChI is InChI=1S/C27H36N6O2/c1-19(2)33-18-23-24(26(33)35)28-27(31-16-14-30(15-17-31)20(3)34)29-25(23)32-13-7-10-22(32)12-11-21-8-5-4-6-9-21/h4-6,8-9,18-19,22,35H,7,10-17H2,1-3H3. The van der Waals surface area contributed by atoms with Gasteiger partial charge in [0.1, 0.15) is 11.3 Å². The number of benzene rings is 1. The molecule has 1 amide bonds. The van der Waals surface area contributed by atoms with E-state index in [2.05, 4.69) is 54.0 Å². The van der Waals surface area contributed by atoms with Gasteiger partial charge < -0.3 is 24.4 Å². The number of piperazine rings is 1. The fourth-order valence-electron chi connectivity index (χ4n) is 5.43. The molecular formula is C27H36N6O2. The molecule has 5 rings (SSSR count). The zero-order valence-electron chi connectivity index (χ0n) is 21.0. The number of hydrogen-bond acceptors (Lipinski definition) is 6. The average molecular weight is 477 g/mol. The van der Waals surface area contributed by atoms with Crippen molar-refractivity contribution in [1.29, 1.82) is 0 Å². The van der Waals surface area contributed by atoms with Crippen molar-refractivity contribution < 1.29 is 9.90 Å². The third kappa shape index (κ3) is 4.66. The summed E-state index contributed by atoms with van der Waals surface area (Å²) in [4.78, 5) is 28.2. The molecule has 1 unspecified atom stereocenters. The minimum atomic E-state index is 0.103. The molecule has 1 atom stereocenters. The van der Waals surface area contributed by atoms with E-state index in [1.807, 2.05) is 15.7 Å². The first-order chi connectivity index (χ1) is 16.9. The van der Waals surface area contributed by atoms with Gasteiger partial charge in [0.15, 0.2) is 0 Å². The van der Waals surface area contributed by atoms with Crippen LogP contribution in [0.2, 0.25) is 0 Å². The SMILES string of the molecule is CC(=O)N1CCN(c2nc(N3CCCC3CCc3ccccc3)c3cn(C(C)C)c(O)c3n2)CC1. The van der Waals surface area contributed by atoms with E-state index in [9.17, 15) is 9.90 Å². The number of carbonyl (C=O) groups excluding carboxylic acids is 1. The summed E-state index contributed by atoms with van der Waals surface area (Å²) < 4.78 is 1.88. The second kappa shape index (κ2) is 9.76. The number of amides is 1. The summed E-state index contributed by atoms with van der Waals surface area (Å²) in [5, 5.41) is 12.0. The zero-order valence-corrected chi connectivity index (χ0v) is 21.0. The van der Waals surface area contributed by atoms with E-state index in [1.54, 1.807) is 6.92 Å². The second-order valence-electron chi connectivity index (χ2n) is 10.1. The van der Waals surface area contributed by atoms with E-state index in [-0.39, 0.29) is 17.8 Å². The Labute approximate surface area is 207 Å². The van der Waals surface area contributed by atoms with Crippen molar-refractivity contribution in [3.05, 3.63) is 42.1 Å². The maximum absolute atomic E-state index is 11.8. The summed E-state index contributed by atoms with van der Waals surface area (Å²) in [5.74, 6) is 1.86. The highest BCUT2D eigenvalue weighted by Crippen LogP contribution is 2.38. The molecule has 2 aliphatic rings. The number of carbonyl (C=O) groups is 1. The fourth-order valence-corrected chi connectivity index (χ4v) is 5.43. The Kier molecular flexibility index (Phi) is 6.54. The van der Waals surface area contributed by atoms with Crippen LogP contribution in [0.15, 0.2) is 36.5 Å². The van der Waals surface area contributed by atoms with E-state index < -0.39 is 0 Å². The van der Waals surface area contributed by atoms with Crippen LogP contribution in [-0.2, 0) is 11.2 Å². The maximum atomic E-state index is 11.8. The lowest BCUT2D eigenvalue weighted by Gasteiger charge is -2.35. The van der Waals surface area contributed by atoms with Crippen LogP contribution in [0.3, 0.4) is 0 Å². The van der Waals surface area contributed by atoms with Crippen LogP contribution in [0.1, 0.15) is 51.6 Å². The first kappa shape index (κ1) is 23.5. The first-order valence-corrected chi connectivity index (χ1v) is 12.8. The van der Waals surface area contributed by atoms with E-state index in [1.165, 1.54) is 5.56 Å². The first-order valence-electron chi connectivity index (χ1n) is 12.8. The van der Waals surface area contributed by atoms with Gasteiger partial charge in [-0.25, -0.2) is 4.98 Å². The van der Waals surface area contributed by atoms with Gasteiger partial charge in [0.25, 0.3) is 0 Å². The van der Waals surface area contributed by atoms with Crippen molar-refractivity contribution in [1.82, 2.24) is 19.4 Å². The molecule has 0 aliphatic carbocycles. The number of fused-ring (bicyclic) bond motifs is 1. The normalized spacial score (nSPS) is 18.7. The molecule has 2 fully saturated rings. The van der Waals surface area contributed by atoms with Crippen LogP contribution < -0.4 is 9.80 Å². The number of hydrogen-bond donors (Lipinski definition) is 1. The van der Waals surface area contributed by atoms with E-state index in [4.69, 9.17) is 9.97 Å². The van der Waals surface area contributed by atoms with Crippen molar-refractivity contribution in [2.45, 2.75) is 58.5 Å². The zero-order chi connectivity index (χ0) is 24.5. The molecule has 3 aromatic rings. The Balaban J connectivity index is 1.49. The van der Waals surface area contributed by atoms with Crippen LogP contribution in [0.4, 0.5) is 11.8 Å². The molecule has 0 radical (unpaired) electrons. The number of aryl methyl sites for hydroxylation is 1. The van der Waals surface area contributed by atoms with E-state index >= 15 is 0 Å². The summed E-state index contributed by atoms with van der Waals surface area (Å²) in [5.41, 5.74) is 1.97. The lowest BCUT2D eigenvalue weighted by Crippen LogP contribution is -2.48. The molecule has 2 saturated heterocycles. The van der Waals surface area contributed by atoms with Gasteiger partial charge in [-0.1, -0.05) is 30.3 Å². The predicted octanol–water partition coefficient (Wildman–Crippen LogP) is 3.99. The minimum absolute atomic E-state index is 0.103. The van der Waals surface area contributed by atoms with E-state index in [0.29, 0.717) is 43.7 Å². The summed E-state index contributed by atoms with van der Waals surface area (Å²) in [6.45, 7) is 9.39. The molecule has 186 valence electrons. The highest BCUT2D eigenvalue weighted by molar-refractivity contribution is 5.94. The smallest absolute Gasteiger partial charge is 0.228 e. The topological polar surface area (TPSA) is 77.7 Å². The van der Waals surface area contributed by atoms with Gasteiger partial charge in [-0.2, -0.15) is 4.98 Å². The fraction of sp³-hybridized carbons (Fsp3) is 0.519. The lowest BCUT2D eigenvalue weighted by atomic mass is 10.0. The molecule has 35 heavy (non-hydrogen) atoms. The number of aromatic nitrogens is 3. The average Bonchev–Trinajstić information content (AvgIpc) is 3.47. The lowest BCUT2D eigenvalue weighted by molar-refractivity contribution is -0.129. The van der Waals surface area contributed by atoms with Crippen LogP contribution in [-0.4, -0.2) is 69.2 Å².